The summed E-state index contributed by atoms with van der Waals surface area (Å²) in [6.45, 7) is 3.30. The highest BCUT2D eigenvalue weighted by Crippen LogP contribution is 2.31. The van der Waals surface area contributed by atoms with Crippen molar-refractivity contribution in [1.29, 1.82) is 0 Å². The number of hydrogen-bond donors (Lipinski definition) is 1. The fourth-order valence-corrected chi connectivity index (χ4v) is 3.23. The van der Waals surface area contributed by atoms with Crippen LogP contribution in [0.4, 0.5) is 4.39 Å². The molecule has 0 aromatic heterocycles. The van der Waals surface area contributed by atoms with E-state index in [2.05, 4.69) is 28.2 Å². The lowest BCUT2D eigenvalue weighted by Gasteiger charge is -2.30. The van der Waals surface area contributed by atoms with E-state index in [1.165, 1.54) is 25.3 Å². The van der Waals surface area contributed by atoms with Crippen LogP contribution in [-0.4, -0.2) is 12.1 Å². The van der Waals surface area contributed by atoms with Gasteiger partial charge in [-0.2, -0.15) is 0 Å². The highest BCUT2D eigenvalue weighted by atomic mass is 79.9. The third-order valence-electron chi connectivity index (χ3n) is 3.60. The molecule has 1 aliphatic heterocycles. The fraction of sp³-hybridized carbons (Fsp3) is 0.571. The summed E-state index contributed by atoms with van der Waals surface area (Å²) < 4.78 is 14.3. The van der Waals surface area contributed by atoms with Crippen molar-refractivity contribution >= 4 is 15.9 Å². The molecule has 0 aliphatic carbocycles. The molecular formula is C14H19BrFN. The molecule has 1 saturated heterocycles. The molecule has 3 heteroatoms. The van der Waals surface area contributed by atoms with Gasteiger partial charge >= 0.3 is 0 Å². The van der Waals surface area contributed by atoms with Crippen molar-refractivity contribution in [3.8, 4) is 0 Å². The Labute approximate surface area is 111 Å². The van der Waals surface area contributed by atoms with Crippen molar-refractivity contribution in [3.63, 3.8) is 0 Å². The van der Waals surface area contributed by atoms with Crippen LogP contribution in [0.25, 0.3) is 0 Å². The van der Waals surface area contributed by atoms with E-state index in [0.717, 1.165) is 29.4 Å². The molecule has 1 nitrogen and oxygen atoms in total. The zero-order valence-corrected chi connectivity index (χ0v) is 11.8. The number of benzene rings is 1. The fourth-order valence-electron chi connectivity index (χ4n) is 2.84. The first kappa shape index (κ1) is 13.0. The van der Waals surface area contributed by atoms with Crippen molar-refractivity contribution in [2.24, 2.45) is 0 Å². The zero-order valence-electron chi connectivity index (χ0n) is 10.2. The second-order valence-electron chi connectivity index (χ2n) is 4.97. The lowest BCUT2D eigenvalue weighted by atomic mass is 9.85. The van der Waals surface area contributed by atoms with Gasteiger partial charge in [0.1, 0.15) is 5.82 Å². The second-order valence-corrected chi connectivity index (χ2v) is 5.83. The average molecular weight is 300 g/mol. The molecule has 0 amide bonds. The number of hydrogen-bond acceptors (Lipinski definition) is 1. The molecule has 0 spiro atoms. The lowest BCUT2D eigenvalue weighted by Crippen LogP contribution is -2.41. The molecule has 1 aliphatic rings. The maximum atomic E-state index is 13.3. The first-order chi connectivity index (χ1) is 8.15. The third kappa shape index (κ3) is 3.08. The molecule has 1 fully saturated rings. The highest BCUT2D eigenvalue weighted by Gasteiger charge is 2.32. The average Bonchev–Trinajstić information content (AvgIpc) is 2.73. The Kier molecular flexibility index (Phi) is 4.21. The summed E-state index contributed by atoms with van der Waals surface area (Å²) in [4.78, 5) is 0. The quantitative estimate of drug-likeness (QED) is 0.884. The predicted molar refractivity (Wildman–Crippen MR) is 72.7 cm³/mol. The van der Waals surface area contributed by atoms with Gasteiger partial charge in [-0.3, -0.25) is 0 Å². The van der Waals surface area contributed by atoms with Crippen LogP contribution in [0.1, 0.15) is 38.2 Å². The molecule has 94 valence electrons. The van der Waals surface area contributed by atoms with Gasteiger partial charge in [0.25, 0.3) is 0 Å². The Morgan fingerprint density at radius 2 is 2.29 bits per heavy atom. The van der Waals surface area contributed by atoms with Crippen molar-refractivity contribution < 1.29 is 4.39 Å². The molecule has 0 saturated carbocycles. The summed E-state index contributed by atoms with van der Waals surface area (Å²) in [6.07, 6.45) is 5.67. The Morgan fingerprint density at radius 3 is 2.94 bits per heavy atom. The monoisotopic (exact) mass is 299 g/mol. The maximum Gasteiger partial charge on any atom is 0.123 e. The van der Waals surface area contributed by atoms with Gasteiger partial charge in [0.2, 0.25) is 0 Å². The highest BCUT2D eigenvalue weighted by molar-refractivity contribution is 9.10. The number of halogens is 2. The Balaban J connectivity index is 2.19. The van der Waals surface area contributed by atoms with E-state index in [1.54, 1.807) is 12.1 Å². The lowest BCUT2D eigenvalue weighted by molar-refractivity contribution is 0.341. The number of nitrogens with one attached hydrogen (secondary N) is 1. The van der Waals surface area contributed by atoms with Gasteiger partial charge in [-0.1, -0.05) is 29.3 Å². The molecule has 0 radical (unpaired) electrons. The first-order valence-corrected chi connectivity index (χ1v) is 7.13. The largest absolute Gasteiger partial charge is 0.311 e. The van der Waals surface area contributed by atoms with Gasteiger partial charge in [0.05, 0.1) is 0 Å². The van der Waals surface area contributed by atoms with Gasteiger partial charge in [-0.25, -0.2) is 4.39 Å². The predicted octanol–water partition coefficient (Wildman–Crippen LogP) is 4.05. The van der Waals surface area contributed by atoms with E-state index in [1.807, 2.05) is 0 Å². The van der Waals surface area contributed by atoms with Gasteiger partial charge in [-0.15, -0.1) is 0 Å². The van der Waals surface area contributed by atoms with Crippen LogP contribution in [0.15, 0.2) is 22.7 Å². The Morgan fingerprint density at radius 1 is 1.47 bits per heavy atom. The van der Waals surface area contributed by atoms with Crippen LogP contribution in [0.5, 0.6) is 0 Å². The summed E-state index contributed by atoms with van der Waals surface area (Å²) >= 11 is 3.52. The van der Waals surface area contributed by atoms with Crippen molar-refractivity contribution in [1.82, 2.24) is 5.32 Å². The minimum atomic E-state index is -0.146. The molecule has 2 rings (SSSR count). The zero-order chi connectivity index (χ0) is 12.3. The third-order valence-corrected chi connectivity index (χ3v) is 4.37. The SMILES string of the molecule is CCCC1(Cc2cc(F)ccc2Br)CCCN1. The molecule has 1 unspecified atom stereocenters. The standard InChI is InChI=1S/C14H19BrFN/c1-2-6-14(7-3-8-17-14)10-11-9-12(16)4-5-13(11)15/h4-5,9,17H,2-3,6-8,10H2,1H3. The van der Waals surface area contributed by atoms with E-state index in [-0.39, 0.29) is 11.4 Å². The van der Waals surface area contributed by atoms with E-state index in [9.17, 15) is 4.39 Å². The van der Waals surface area contributed by atoms with Crippen molar-refractivity contribution in [2.75, 3.05) is 6.54 Å². The summed E-state index contributed by atoms with van der Waals surface area (Å²) in [5.41, 5.74) is 1.26. The van der Waals surface area contributed by atoms with Gasteiger partial charge < -0.3 is 5.32 Å². The summed E-state index contributed by atoms with van der Waals surface area (Å²) in [6, 6.07) is 4.96. The summed E-state index contributed by atoms with van der Waals surface area (Å²) in [5.74, 6) is -0.146. The second kappa shape index (κ2) is 5.49. The van der Waals surface area contributed by atoms with Crippen molar-refractivity contribution in [2.45, 2.75) is 44.6 Å². The molecule has 1 aromatic carbocycles. The van der Waals surface area contributed by atoms with Crippen LogP contribution in [0.2, 0.25) is 0 Å². The number of rotatable bonds is 4. The summed E-state index contributed by atoms with van der Waals surface area (Å²) in [7, 11) is 0. The van der Waals surface area contributed by atoms with Crippen LogP contribution in [0.3, 0.4) is 0 Å². The van der Waals surface area contributed by atoms with Crippen LogP contribution in [-0.2, 0) is 6.42 Å². The van der Waals surface area contributed by atoms with Gasteiger partial charge in [0.15, 0.2) is 0 Å². The van der Waals surface area contributed by atoms with E-state index < -0.39 is 0 Å². The topological polar surface area (TPSA) is 12.0 Å². The van der Waals surface area contributed by atoms with Crippen molar-refractivity contribution in [3.05, 3.63) is 34.1 Å². The van der Waals surface area contributed by atoms with Gasteiger partial charge in [-0.05, 0) is 56.0 Å². The summed E-state index contributed by atoms with van der Waals surface area (Å²) in [5, 5.41) is 3.62. The first-order valence-electron chi connectivity index (χ1n) is 6.34. The van der Waals surface area contributed by atoms with Crippen LogP contribution < -0.4 is 5.32 Å². The van der Waals surface area contributed by atoms with E-state index in [0.29, 0.717) is 0 Å². The Hall–Kier alpha value is -0.410. The molecule has 1 N–H and O–H groups in total. The molecule has 17 heavy (non-hydrogen) atoms. The minimum Gasteiger partial charge on any atom is -0.311 e. The minimum absolute atomic E-state index is 0.146. The Bertz CT molecular complexity index is 386. The van der Waals surface area contributed by atoms with Crippen LogP contribution in [0, 0.1) is 5.82 Å². The maximum absolute atomic E-state index is 13.3. The molecule has 1 heterocycles. The molecule has 1 aromatic rings. The molecule has 1 atom stereocenters. The molecular weight excluding hydrogens is 281 g/mol. The normalized spacial score (nSPS) is 24.2. The van der Waals surface area contributed by atoms with E-state index in [4.69, 9.17) is 0 Å². The van der Waals surface area contributed by atoms with Crippen LogP contribution >= 0.6 is 15.9 Å². The van der Waals surface area contributed by atoms with Gasteiger partial charge in [0, 0.05) is 10.0 Å². The smallest absolute Gasteiger partial charge is 0.123 e. The van der Waals surface area contributed by atoms with E-state index >= 15 is 0 Å². The molecule has 0 bridgehead atoms.